The smallest absolute Gasteiger partial charge is 0.163 e. The number of rotatable bonds is 4. The predicted octanol–water partition coefficient (Wildman–Crippen LogP) is 3.46. The second-order valence-electron chi connectivity index (χ2n) is 3.96. The van der Waals surface area contributed by atoms with Gasteiger partial charge in [0.2, 0.25) is 0 Å². The maximum absolute atomic E-state index is 11.7. The largest absolute Gasteiger partial charge is 0.361 e. The van der Waals surface area contributed by atoms with E-state index in [1.165, 1.54) is 6.08 Å². The molecule has 0 atom stereocenters. The van der Waals surface area contributed by atoms with E-state index in [9.17, 15) is 4.79 Å². The van der Waals surface area contributed by atoms with Crippen molar-refractivity contribution in [2.75, 3.05) is 0 Å². The lowest BCUT2D eigenvalue weighted by Crippen LogP contribution is -1.96. The van der Waals surface area contributed by atoms with Gasteiger partial charge in [-0.05, 0) is 30.7 Å². The van der Waals surface area contributed by atoms with Crippen molar-refractivity contribution in [3.8, 4) is 0 Å². The van der Waals surface area contributed by atoms with E-state index in [1.54, 1.807) is 24.3 Å². The van der Waals surface area contributed by atoms with Crippen molar-refractivity contribution in [2.24, 2.45) is 0 Å². The van der Waals surface area contributed by atoms with Gasteiger partial charge in [0.1, 0.15) is 5.76 Å². The Bertz CT molecular complexity index is 570. The van der Waals surface area contributed by atoms with Crippen LogP contribution in [0.1, 0.15) is 17.0 Å². The van der Waals surface area contributed by atoms with Crippen LogP contribution in [-0.2, 0) is 11.2 Å². The first-order valence-corrected chi connectivity index (χ1v) is 5.90. The van der Waals surface area contributed by atoms with Crippen molar-refractivity contribution >= 4 is 23.5 Å². The fraction of sp³-hybridized carbons (Fsp3) is 0.143. The third-order valence-corrected chi connectivity index (χ3v) is 2.61. The highest BCUT2D eigenvalue weighted by atomic mass is 35.5. The van der Waals surface area contributed by atoms with Gasteiger partial charge >= 0.3 is 0 Å². The Morgan fingerprint density at radius 2 is 2.11 bits per heavy atom. The lowest BCUT2D eigenvalue weighted by atomic mass is 10.1. The zero-order valence-corrected chi connectivity index (χ0v) is 10.6. The zero-order valence-electron chi connectivity index (χ0n) is 9.89. The van der Waals surface area contributed by atoms with Crippen LogP contribution in [0.4, 0.5) is 0 Å². The summed E-state index contributed by atoms with van der Waals surface area (Å²) in [5.74, 6) is 0.555. The number of carbonyl (C=O) groups excluding carboxylic acids is 1. The number of hydrogen-bond acceptors (Lipinski definition) is 3. The highest BCUT2D eigenvalue weighted by Gasteiger charge is 2.05. The Labute approximate surface area is 110 Å². The zero-order chi connectivity index (χ0) is 13.0. The highest BCUT2D eigenvalue weighted by Crippen LogP contribution is 2.11. The molecule has 0 saturated heterocycles. The maximum Gasteiger partial charge on any atom is 0.163 e. The summed E-state index contributed by atoms with van der Waals surface area (Å²) in [5.41, 5.74) is 1.71. The molecule has 0 radical (unpaired) electrons. The van der Waals surface area contributed by atoms with Gasteiger partial charge in [0.15, 0.2) is 5.78 Å². The van der Waals surface area contributed by atoms with Gasteiger partial charge in [-0.25, -0.2) is 0 Å². The number of hydrogen-bond donors (Lipinski definition) is 0. The minimum atomic E-state index is -0.0268. The van der Waals surface area contributed by atoms with Gasteiger partial charge in [-0.1, -0.05) is 35.0 Å². The maximum atomic E-state index is 11.7. The van der Waals surface area contributed by atoms with Gasteiger partial charge in [0.05, 0.1) is 12.1 Å². The van der Waals surface area contributed by atoms with E-state index in [4.69, 9.17) is 16.1 Å². The van der Waals surface area contributed by atoms with Crippen molar-refractivity contribution in [3.05, 3.63) is 58.4 Å². The number of allylic oxidation sites excluding steroid dienone is 1. The molecule has 3 nitrogen and oxygen atoms in total. The van der Waals surface area contributed by atoms with E-state index >= 15 is 0 Å². The van der Waals surface area contributed by atoms with Crippen molar-refractivity contribution in [1.82, 2.24) is 5.16 Å². The van der Waals surface area contributed by atoms with Crippen LogP contribution in [0.3, 0.4) is 0 Å². The lowest BCUT2D eigenvalue weighted by molar-refractivity contribution is -0.114. The third kappa shape index (κ3) is 3.57. The number of aryl methyl sites for hydroxylation is 1. The molecule has 0 aliphatic heterocycles. The highest BCUT2D eigenvalue weighted by molar-refractivity contribution is 6.30. The van der Waals surface area contributed by atoms with Crippen LogP contribution in [0.25, 0.3) is 6.08 Å². The first-order chi connectivity index (χ1) is 8.63. The molecule has 2 rings (SSSR count). The molecule has 2 aromatic rings. The summed E-state index contributed by atoms with van der Waals surface area (Å²) in [4.78, 5) is 11.7. The average Bonchev–Trinajstić information content (AvgIpc) is 2.74. The Kier molecular flexibility index (Phi) is 3.95. The molecule has 0 amide bonds. The normalized spacial score (nSPS) is 11.0. The fourth-order valence-corrected chi connectivity index (χ4v) is 1.62. The van der Waals surface area contributed by atoms with E-state index < -0.39 is 0 Å². The van der Waals surface area contributed by atoms with Gasteiger partial charge in [0.25, 0.3) is 0 Å². The van der Waals surface area contributed by atoms with Crippen LogP contribution in [0.15, 0.2) is 40.9 Å². The summed E-state index contributed by atoms with van der Waals surface area (Å²) in [7, 11) is 0. The molecular weight excluding hydrogens is 250 g/mol. The molecule has 0 spiro atoms. The van der Waals surface area contributed by atoms with E-state index in [0.717, 1.165) is 11.3 Å². The van der Waals surface area contributed by atoms with Crippen molar-refractivity contribution in [2.45, 2.75) is 13.3 Å². The quantitative estimate of drug-likeness (QED) is 0.792. The van der Waals surface area contributed by atoms with Gasteiger partial charge in [-0.2, -0.15) is 0 Å². The number of nitrogens with zero attached hydrogens (tertiary/aromatic N) is 1. The molecule has 0 fully saturated rings. The molecule has 0 N–H and O–H groups in total. The molecule has 0 unspecified atom stereocenters. The molecule has 92 valence electrons. The lowest BCUT2D eigenvalue weighted by Gasteiger charge is -1.93. The number of aromatic nitrogens is 1. The standard InChI is InChI=1S/C14H12ClNO2/c1-10-8-14(18-16-10)9-13(17)7-4-11-2-5-12(15)6-3-11/h2-8H,9H2,1H3/b7-4-. The van der Waals surface area contributed by atoms with Gasteiger partial charge in [-0.15, -0.1) is 0 Å². The fourth-order valence-electron chi connectivity index (χ4n) is 1.49. The van der Waals surface area contributed by atoms with Gasteiger partial charge in [0, 0.05) is 11.1 Å². The first-order valence-electron chi connectivity index (χ1n) is 5.52. The van der Waals surface area contributed by atoms with Crippen LogP contribution >= 0.6 is 11.6 Å². The molecular formula is C14H12ClNO2. The predicted molar refractivity (Wildman–Crippen MR) is 70.4 cm³/mol. The molecule has 1 heterocycles. The summed E-state index contributed by atoms with van der Waals surface area (Å²) < 4.78 is 4.98. The second kappa shape index (κ2) is 5.65. The number of benzene rings is 1. The van der Waals surface area contributed by atoms with Crippen molar-refractivity contribution < 1.29 is 9.32 Å². The number of carbonyl (C=O) groups is 1. The van der Waals surface area contributed by atoms with Crippen molar-refractivity contribution in [3.63, 3.8) is 0 Å². The van der Waals surface area contributed by atoms with Crippen molar-refractivity contribution in [1.29, 1.82) is 0 Å². The Morgan fingerprint density at radius 1 is 1.39 bits per heavy atom. The average molecular weight is 262 g/mol. The van der Waals surface area contributed by atoms with Crippen LogP contribution in [0, 0.1) is 6.92 Å². The molecule has 18 heavy (non-hydrogen) atoms. The second-order valence-corrected chi connectivity index (χ2v) is 4.40. The topological polar surface area (TPSA) is 43.1 Å². The monoisotopic (exact) mass is 261 g/mol. The van der Waals surface area contributed by atoms with Crippen LogP contribution in [-0.4, -0.2) is 10.9 Å². The van der Waals surface area contributed by atoms with E-state index in [0.29, 0.717) is 10.8 Å². The van der Waals surface area contributed by atoms with Crippen LogP contribution < -0.4 is 0 Å². The van der Waals surface area contributed by atoms with Crippen LogP contribution in [0.5, 0.6) is 0 Å². The summed E-state index contributed by atoms with van der Waals surface area (Å²) >= 11 is 5.77. The summed E-state index contributed by atoms with van der Waals surface area (Å²) in [5, 5.41) is 4.41. The minimum absolute atomic E-state index is 0.0268. The molecule has 0 aliphatic carbocycles. The Balaban J connectivity index is 1.96. The Morgan fingerprint density at radius 3 is 2.72 bits per heavy atom. The number of ketones is 1. The molecule has 1 aromatic heterocycles. The van der Waals surface area contributed by atoms with E-state index in [1.807, 2.05) is 19.1 Å². The van der Waals surface area contributed by atoms with Crippen LogP contribution in [0.2, 0.25) is 5.02 Å². The van der Waals surface area contributed by atoms with E-state index in [-0.39, 0.29) is 12.2 Å². The van der Waals surface area contributed by atoms with Gasteiger partial charge in [-0.3, -0.25) is 4.79 Å². The molecule has 0 aliphatic rings. The third-order valence-electron chi connectivity index (χ3n) is 2.36. The molecule has 4 heteroatoms. The molecule has 1 aromatic carbocycles. The van der Waals surface area contributed by atoms with E-state index in [2.05, 4.69) is 5.16 Å². The minimum Gasteiger partial charge on any atom is -0.361 e. The Hall–Kier alpha value is -1.87. The molecule has 0 saturated carbocycles. The SMILES string of the molecule is Cc1cc(CC(=O)/C=C\c2ccc(Cl)cc2)on1. The van der Waals surface area contributed by atoms with Gasteiger partial charge < -0.3 is 4.52 Å². The summed E-state index contributed by atoms with van der Waals surface area (Å²) in [6.45, 7) is 1.82. The number of halogens is 1. The summed E-state index contributed by atoms with van der Waals surface area (Å²) in [6, 6.07) is 9.03. The molecule has 0 bridgehead atoms. The first kappa shape index (κ1) is 12.6. The summed E-state index contributed by atoms with van der Waals surface area (Å²) in [6.07, 6.45) is 3.51.